The molecule has 0 aromatic carbocycles. The fraction of sp³-hybridized carbons (Fsp3) is 0.692. The highest BCUT2D eigenvalue weighted by Gasteiger charge is 2.27. The third kappa shape index (κ3) is 4.11. The first-order valence-electron chi connectivity index (χ1n) is 6.72. The van der Waals surface area contributed by atoms with Gasteiger partial charge in [0.05, 0.1) is 5.69 Å². The summed E-state index contributed by atoms with van der Waals surface area (Å²) in [7, 11) is 0. The van der Waals surface area contributed by atoms with Gasteiger partial charge in [0.15, 0.2) is 0 Å². The van der Waals surface area contributed by atoms with Crippen LogP contribution >= 0.6 is 24.0 Å². The van der Waals surface area contributed by atoms with Gasteiger partial charge in [-0.2, -0.15) is 0 Å². The molecule has 1 aliphatic carbocycles. The lowest BCUT2D eigenvalue weighted by molar-refractivity contribution is -0.122. The Kier molecular flexibility index (Phi) is 6.79. The molecule has 7 heteroatoms. The molecule has 1 fully saturated rings. The van der Waals surface area contributed by atoms with Crippen molar-refractivity contribution in [1.82, 2.24) is 10.5 Å². The molecule has 2 rings (SSSR count). The van der Waals surface area contributed by atoms with Crippen LogP contribution in [-0.2, 0) is 11.2 Å². The number of nitrogens with two attached hydrogens (primary N) is 1. The largest absolute Gasteiger partial charge is 0.353 e. The van der Waals surface area contributed by atoms with E-state index in [2.05, 4.69) is 10.5 Å². The zero-order chi connectivity index (χ0) is 13.8. The van der Waals surface area contributed by atoms with Crippen LogP contribution in [-0.4, -0.2) is 23.7 Å². The summed E-state index contributed by atoms with van der Waals surface area (Å²) in [6.45, 7) is 2.46. The molecule has 3 N–H and O–H groups in total. The molecule has 20 heavy (non-hydrogen) atoms. The second-order valence-electron chi connectivity index (χ2n) is 5.12. The van der Waals surface area contributed by atoms with E-state index in [1.165, 1.54) is 0 Å². The number of hydrogen-bond donors (Lipinski definition) is 2. The highest BCUT2D eigenvalue weighted by molar-refractivity contribution is 6.29. The average Bonchev–Trinajstić information content (AvgIpc) is 2.95. The van der Waals surface area contributed by atoms with Crippen molar-refractivity contribution in [3.05, 3.63) is 16.5 Å². The van der Waals surface area contributed by atoms with Crippen molar-refractivity contribution in [3.63, 3.8) is 0 Å². The number of carbonyl (C=O) groups is 1. The lowest BCUT2D eigenvalue weighted by atomic mass is 10.0. The van der Waals surface area contributed by atoms with E-state index in [4.69, 9.17) is 21.9 Å². The average molecular weight is 322 g/mol. The van der Waals surface area contributed by atoms with Gasteiger partial charge in [-0.05, 0) is 50.2 Å². The van der Waals surface area contributed by atoms with Gasteiger partial charge in [-0.25, -0.2) is 0 Å². The number of aryl methyl sites for hydroxylation is 1. The summed E-state index contributed by atoms with van der Waals surface area (Å²) in [6, 6.07) is 0.233. The van der Waals surface area contributed by atoms with Crippen molar-refractivity contribution < 1.29 is 9.32 Å². The number of hydrogen-bond acceptors (Lipinski definition) is 4. The summed E-state index contributed by atoms with van der Waals surface area (Å²) >= 11 is 5.87. The molecule has 1 amide bonds. The van der Waals surface area contributed by atoms with Crippen molar-refractivity contribution in [2.24, 2.45) is 11.7 Å². The molecule has 0 saturated heterocycles. The van der Waals surface area contributed by atoms with Crippen molar-refractivity contribution in [1.29, 1.82) is 0 Å². The quantitative estimate of drug-likeness (QED) is 0.871. The van der Waals surface area contributed by atoms with Crippen LogP contribution in [0.4, 0.5) is 0 Å². The van der Waals surface area contributed by atoms with Gasteiger partial charge in [0.25, 0.3) is 0 Å². The third-order valence-corrected chi connectivity index (χ3v) is 4.14. The summed E-state index contributed by atoms with van der Waals surface area (Å²) in [5.74, 6) is 0.465. The number of nitrogens with one attached hydrogen (secondary N) is 1. The molecule has 1 aromatic rings. The van der Waals surface area contributed by atoms with Crippen LogP contribution in [0.3, 0.4) is 0 Å². The van der Waals surface area contributed by atoms with Crippen LogP contribution in [0.25, 0.3) is 0 Å². The van der Waals surface area contributed by atoms with Gasteiger partial charge in [0.1, 0.15) is 0 Å². The molecule has 5 nitrogen and oxygen atoms in total. The minimum Gasteiger partial charge on any atom is -0.353 e. The van der Waals surface area contributed by atoms with Gasteiger partial charge < -0.3 is 15.6 Å². The number of aromatic nitrogens is 1. The predicted molar refractivity (Wildman–Crippen MR) is 80.1 cm³/mol. The Morgan fingerprint density at radius 1 is 1.55 bits per heavy atom. The first kappa shape index (κ1) is 17.3. The Bertz CT molecular complexity index is 431. The summed E-state index contributed by atoms with van der Waals surface area (Å²) < 4.78 is 4.86. The molecular formula is C13H21Cl2N3O2. The molecule has 0 aliphatic heterocycles. The zero-order valence-electron chi connectivity index (χ0n) is 11.5. The molecule has 0 spiro atoms. The maximum absolute atomic E-state index is 11.9. The van der Waals surface area contributed by atoms with Gasteiger partial charge >= 0.3 is 0 Å². The second-order valence-corrected chi connectivity index (χ2v) is 5.46. The number of amides is 1. The van der Waals surface area contributed by atoms with Crippen LogP contribution < -0.4 is 11.1 Å². The van der Waals surface area contributed by atoms with E-state index in [9.17, 15) is 4.79 Å². The molecule has 1 aliphatic rings. The van der Waals surface area contributed by atoms with E-state index in [-0.39, 0.29) is 29.6 Å². The van der Waals surface area contributed by atoms with E-state index < -0.39 is 0 Å². The maximum Gasteiger partial charge on any atom is 0.229 e. The Labute approximate surface area is 130 Å². The SMILES string of the molecule is Cc1noc(Cl)c1CCC(=O)NC1CCCC1CN.Cl. The van der Waals surface area contributed by atoms with E-state index in [1.807, 2.05) is 6.92 Å². The van der Waals surface area contributed by atoms with Crippen LogP contribution in [0.5, 0.6) is 0 Å². The summed E-state index contributed by atoms with van der Waals surface area (Å²) in [4.78, 5) is 11.9. The normalized spacial score (nSPS) is 21.6. The number of halogens is 2. The van der Waals surface area contributed by atoms with Crippen molar-refractivity contribution in [2.45, 2.75) is 45.1 Å². The fourth-order valence-corrected chi connectivity index (χ4v) is 2.93. The summed E-state index contributed by atoms with van der Waals surface area (Å²) in [6.07, 6.45) is 4.23. The lowest BCUT2D eigenvalue weighted by Gasteiger charge is -2.19. The predicted octanol–water partition coefficient (Wildman–Crippen LogP) is 2.23. The standard InChI is InChI=1S/C13H20ClN3O2.ClH/c1-8-10(13(14)19-17-8)5-6-12(18)16-11-4-2-3-9(11)7-15;/h9,11H,2-7,15H2,1H3,(H,16,18);1H. The van der Waals surface area contributed by atoms with E-state index >= 15 is 0 Å². The van der Waals surface area contributed by atoms with Crippen molar-refractivity contribution in [3.8, 4) is 0 Å². The van der Waals surface area contributed by atoms with Gasteiger partial charge in [-0.1, -0.05) is 11.6 Å². The minimum atomic E-state index is 0. The van der Waals surface area contributed by atoms with Crippen LogP contribution in [0.2, 0.25) is 5.22 Å². The smallest absolute Gasteiger partial charge is 0.229 e. The van der Waals surface area contributed by atoms with Gasteiger partial charge in [-0.15, -0.1) is 12.4 Å². The second kappa shape index (κ2) is 7.86. The maximum atomic E-state index is 11.9. The molecule has 1 aromatic heterocycles. The van der Waals surface area contributed by atoms with Crippen LogP contribution in [0.1, 0.15) is 36.9 Å². The fourth-order valence-electron chi connectivity index (χ4n) is 2.67. The van der Waals surface area contributed by atoms with Crippen molar-refractivity contribution in [2.75, 3.05) is 6.54 Å². The number of rotatable bonds is 5. The van der Waals surface area contributed by atoms with E-state index in [0.29, 0.717) is 25.3 Å². The Morgan fingerprint density at radius 2 is 2.30 bits per heavy atom. The Hall–Kier alpha value is -0.780. The molecule has 2 atom stereocenters. The first-order valence-corrected chi connectivity index (χ1v) is 7.09. The van der Waals surface area contributed by atoms with Gasteiger partial charge in [-0.3, -0.25) is 4.79 Å². The number of nitrogens with zero attached hydrogens (tertiary/aromatic N) is 1. The lowest BCUT2D eigenvalue weighted by Crippen LogP contribution is -2.39. The van der Waals surface area contributed by atoms with Crippen LogP contribution in [0, 0.1) is 12.8 Å². The summed E-state index contributed by atoms with van der Waals surface area (Å²) in [5.41, 5.74) is 7.27. The Morgan fingerprint density at radius 3 is 2.90 bits per heavy atom. The monoisotopic (exact) mass is 321 g/mol. The highest BCUT2D eigenvalue weighted by Crippen LogP contribution is 2.25. The first-order chi connectivity index (χ1) is 9.11. The molecule has 0 bridgehead atoms. The van der Waals surface area contributed by atoms with Crippen molar-refractivity contribution >= 4 is 29.9 Å². The van der Waals surface area contributed by atoms with Gasteiger partial charge in [0, 0.05) is 18.0 Å². The highest BCUT2D eigenvalue weighted by atomic mass is 35.5. The molecule has 1 heterocycles. The van der Waals surface area contributed by atoms with Crippen LogP contribution in [0.15, 0.2) is 4.52 Å². The van der Waals surface area contributed by atoms with Gasteiger partial charge in [0.2, 0.25) is 11.1 Å². The van der Waals surface area contributed by atoms with E-state index in [0.717, 1.165) is 30.5 Å². The molecular weight excluding hydrogens is 301 g/mol. The minimum absolute atomic E-state index is 0. The summed E-state index contributed by atoms with van der Waals surface area (Å²) in [5, 5.41) is 7.12. The third-order valence-electron chi connectivity index (χ3n) is 3.85. The number of carbonyl (C=O) groups excluding carboxylic acids is 1. The Balaban J connectivity index is 0.00000200. The molecule has 1 saturated carbocycles. The zero-order valence-corrected chi connectivity index (χ0v) is 13.1. The molecule has 114 valence electrons. The molecule has 0 radical (unpaired) electrons. The molecule has 2 unspecified atom stereocenters. The topological polar surface area (TPSA) is 81.2 Å². The van der Waals surface area contributed by atoms with E-state index in [1.54, 1.807) is 0 Å².